The normalized spacial score (nSPS) is 16.6. The van der Waals surface area contributed by atoms with Crippen molar-refractivity contribution < 1.29 is 81.0 Å². The van der Waals surface area contributed by atoms with Gasteiger partial charge in [-0.2, -0.15) is 4.73 Å². The summed E-state index contributed by atoms with van der Waals surface area (Å²) in [5.41, 5.74) is 0.356. The van der Waals surface area contributed by atoms with Crippen molar-refractivity contribution in [3.8, 4) is 45.5 Å². The Balaban J connectivity index is 0.799. The first-order chi connectivity index (χ1) is 64.7. The summed E-state index contributed by atoms with van der Waals surface area (Å²) < 4.78 is 60.8. The molecule has 0 unspecified atom stereocenters. The van der Waals surface area contributed by atoms with Gasteiger partial charge in [0.15, 0.2) is 11.4 Å². The number of carbonyl (C=O) groups is 8. The number of aliphatic hydroxyl groups is 2. The molecule has 0 spiro atoms. The molecule has 5 heterocycles. The number of hydrogen-bond donors (Lipinski definition) is 6. The van der Waals surface area contributed by atoms with Crippen molar-refractivity contribution in [1.29, 1.82) is 0 Å². The summed E-state index contributed by atoms with van der Waals surface area (Å²) in [7, 11) is 14.7. The van der Waals surface area contributed by atoms with Gasteiger partial charge in [0.05, 0.1) is 97.9 Å². The fourth-order valence-corrected chi connectivity index (χ4v) is 18.1. The largest absolute Gasteiger partial charge is 0.618 e. The van der Waals surface area contributed by atoms with Crippen LogP contribution >= 0.6 is 46.4 Å². The predicted molar refractivity (Wildman–Crippen MR) is 519 cm³/mol. The number of ether oxygens (including phenoxy) is 4. The van der Waals surface area contributed by atoms with E-state index in [9.17, 15) is 29.4 Å². The van der Waals surface area contributed by atoms with Crippen molar-refractivity contribution in [3.05, 3.63) is 234 Å². The molecule has 9 aromatic rings. The zero-order valence-corrected chi connectivity index (χ0v) is 83.5. The van der Waals surface area contributed by atoms with Crippen molar-refractivity contribution in [1.82, 2.24) is 69.8 Å². The third-order valence-corrected chi connectivity index (χ3v) is 25.7. The SMILES string of the molecule is C[C@H](NCc1c(F)cc(Cl)cc1Oc1ccc(-c2cnc(CN(C)C)n2C)cc1)C(=O)N[C@@H](CO)C(=O)N(C)[C@@]1(Cc2ccc(Cl)cc2)CCCN(C(=O)[C@@H](CC(=O)OC(C)(C)C)Cc2cccc(C[C@H](CC(=O)OC(C)(C)C)C(=O)N3CCC[C@](Cc4ccc(Cl)cc4)(N(C)C(=O)[C@H](CO)NC(=O)[C@H](C)NCc4c(F)cc(Cl)cc4Oc4ccc(-c5cnc(CN(C)C)n5C)cc4)C3)[n+]2[O-])C1. The number of benzene rings is 6. The minimum Gasteiger partial charge on any atom is -0.618 e. The topological polar surface area (TPSA) is 344 Å². The summed E-state index contributed by atoms with van der Waals surface area (Å²) in [6.45, 7) is 12.0. The molecule has 36 heteroatoms. The van der Waals surface area contributed by atoms with Crippen molar-refractivity contribution >= 4 is 93.8 Å². The smallest absolute Gasteiger partial charge is 0.307 e. The number of nitrogens with one attached hydrogen (secondary N) is 4. The first-order valence-electron chi connectivity index (χ1n) is 45.6. The van der Waals surface area contributed by atoms with Crippen LogP contribution < -0.4 is 35.5 Å². The summed E-state index contributed by atoms with van der Waals surface area (Å²) in [5.74, 6) is -7.03. The Hall–Kier alpha value is -11.2. The maximum absolute atomic E-state index is 16.0. The van der Waals surface area contributed by atoms with Crippen LogP contribution in [0.25, 0.3) is 22.5 Å². The lowest BCUT2D eigenvalue weighted by Crippen LogP contribution is -2.65. The van der Waals surface area contributed by atoms with Crippen LogP contribution in [0.2, 0.25) is 20.1 Å². The monoisotopic (exact) mass is 1970 g/mol. The van der Waals surface area contributed by atoms with E-state index in [4.69, 9.17) is 65.4 Å². The fraction of sp³-hybridized carbons (Fsp3) is 0.455. The van der Waals surface area contributed by atoms with E-state index >= 15 is 33.2 Å². The third kappa shape index (κ3) is 28.1. The minimum atomic E-state index is -1.55. The molecular formula is C101H125Cl4F2N15O15. The molecule has 2 aliphatic rings. The summed E-state index contributed by atoms with van der Waals surface area (Å²) >= 11 is 25.7. The highest BCUT2D eigenvalue weighted by Gasteiger charge is 2.49. The molecular weight excluding hydrogens is 1840 g/mol. The highest BCUT2D eigenvalue weighted by atomic mass is 35.5. The Bertz CT molecular complexity index is 5420. The number of carbonyl (C=O) groups excluding carboxylic acids is 8. The van der Waals surface area contributed by atoms with Crippen molar-refractivity contribution in [3.63, 3.8) is 0 Å². The molecule has 137 heavy (non-hydrogen) atoms. The minimum absolute atomic E-state index is 0.000467. The van der Waals surface area contributed by atoms with E-state index in [1.807, 2.05) is 85.5 Å². The van der Waals surface area contributed by atoms with Gasteiger partial charge < -0.3 is 94.2 Å². The molecule has 0 radical (unpaired) electrons. The van der Waals surface area contributed by atoms with Gasteiger partial charge in [0.2, 0.25) is 35.4 Å². The number of aromatic nitrogens is 5. The number of halogens is 6. The van der Waals surface area contributed by atoms with E-state index in [2.05, 4.69) is 31.2 Å². The molecule has 2 fully saturated rings. The quantitative estimate of drug-likeness (QED) is 0.0118. The number of likely N-dealkylation sites (tertiary alicyclic amines) is 2. The predicted octanol–water partition coefficient (Wildman–Crippen LogP) is 12.9. The third-order valence-electron chi connectivity index (χ3n) is 24.7. The Labute approximate surface area is 819 Å². The second kappa shape index (κ2) is 46.5. The molecule has 6 amide bonds. The number of piperidine rings is 2. The highest BCUT2D eigenvalue weighted by Crippen LogP contribution is 2.40. The molecule has 736 valence electrons. The van der Waals surface area contributed by atoms with E-state index in [1.165, 1.54) is 71.8 Å². The summed E-state index contributed by atoms with van der Waals surface area (Å²) in [5, 5.41) is 49.9. The average Bonchev–Trinajstić information content (AvgIpc) is 1.75. The van der Waals surface area contributed by atoms with Gasteiger partial charge >= 0.3 is 11.9 Å². The summed E-state index contributed by atoms with van der Waals surface area (Å²) in [6, 6.07) is 32.6. The standard InChI is InChI=1S/C101H125Cl4F2N15O15/c1-62(108-52-78-80(106)46-72(104)48-86(78)134-76-34-26-66(27-35-76)84-54-110-88(116(84)13)56-114(9)10)92(127)112-82(58-123)96(131)118(15)100(50-64-22-30-70(102)31-23-64)38-18-40-120(60-100)94(129)68(44-90(125)136-98(3,4)5)42-74-20-17-21-75(122(74)133)43-69(45-91(126)137-99(6,7)8)95(130)121-41-19-39-101(61-121,51-65-24-32-71(103)33-25-65)119(16)97(132)83(59-124)113-93(128)63(2)109-53-79-81(107)47-73(105)49-87(79)135-77-36-28-67(29-37-77)85-55-111-89(117(85)14)57-115(11)12/h17,20-37,46-49,54-55,62-63,68-69,82-83,108-109,123-124H,18-19,38-45,50-53,56-61H2,1-16H3,(H,112,127)(H,113,128)/t62-,63-,68+,69+,82-,83-,100+,101+/m0/s1. The van der Waals surface area contributed by atoms with Crippen LogP contribution in [-0.2, 0) is 114 Å². The van der Waals surface area contributed by atoms with Crippen LogP contribution in [0.15, 0.2) is 152 Å². The van der Waals surface area contributed by atoms with Gasteiger partial charge in [-0.3, -0.25) is 38.4 Å². The van der Waals surface area contributed by atoms with Gasteiger partial charge in [0, 0.05) is 135 Å². The number of esters is 2. The number of amides is 6. The Morgan fingerprint density at radius 3 is 1.22 bits per heavy atom. The maximum Gasteiger partial charge on any atom is 0.307 e. The van der Waals surface area contributed by atoms with Crippen molar-refractivity contribution in [2.45, 2.75) is 192 Å². The number of hydrogen-bond acceptors (Lipinski definition) is 21. The second-order valence-electron chi connectivity index (χ2n) is 38.1. The molecule has 30 nitrogen and oxygen atoms in total. The molecule has 11 rings (SSSR count). The average molecular weight is 1970 g/mol. The second-order valence-corrected chi connectivity index (χ2v) is 39.9. The molecule has 6 N–H and O–H groups in total. The molecule has 2 saturated heterocycles. The molecule has 6 aromatic carbocycles. The van der Waals surface area contributed by atoms with Gasteiger partial charge in [-0.15, -0.1) is 0 Å². The van der Waals surface area contributed by atoms with Gasteiger partial charge in [0.1, 0.15) is 69.6 Å². The Morgan fingerprint density at radius 2 is 0.883 bits per heavy atom. The number of rotatable bonds is 40. The zero-order valence-electron chi connectivity index (χ0n) is 80.4. The van der Waals surface area contributed by atoms with E-state index in [-0.39, 0.29) is 109 Å². The number of pyridine rings is 1. The number of aliphatic hydroxyl groups excluding tert-OH is 2. The Kier molecular flexibility index (Phi) is 36.1. The number of likely N-dealkylation sites (N-methyl/N-ethyl adjacent to an activating group) is 2. The zero-order chi connectivity index (χ0) is 99.9. The highest BCUT2D eigenvalue weighted by molar-refractivity contribution is 6.31. The van der Waals surface area contributed by atoms with E-state index in [1.54, 1.807) is 133 Å². The van der Waals surface area contributed by atoms with Gasteiger partial charge in [-0.1, -0.05) is 70.7 Å². The van der Waals surface area contributed by atoms with Gasteiger partial charge in [0.25, 0.3) is 0 Å². The summed E-state index contributed by atoms with van der Waals surface area (Å²) in [6.07, 6.45) is 3.19. The van der Waals surface area contributed by atoms with Crippen LogP contribution in [0.5, 0.6) is 23.0 Å². The van der Waals surface area contributed by atoms with E-state index < -0.39 is 143 Å². The van der Waals surface area contributed by atoms with Crippen LogP contribution in [0, 0.1) is 28.7 Å². The van der Waals surface area contributed by atoms with Crippen molar-refractivity contribution in [2.75, 3.05) is 81.7 Å². The first kappa shape index (κ1) is 106. The van der Waals surface area contributed by atoms with E-state index in [0.717, 1.165) is 46.3 Å². The lowest BCUT2D eigenvalue weighted by molar-refractivity contribution is -0.623. The molecule has 0 saturated carbocycles. The van der Waals surface area contributed by atoms with Gasteiger partial charge in [-0.25, -0.2) is 18.7 Å². The Morgan fingerprint density at radius 1 is 0.526 bits per heavy atom. The molecule has 2 aliphatic heterocycles. The molecule has 0 bridgehead atoms. The number of imidazole rings is 2. The summed E-state index contributed by atoms with van der Waals surface area (Å²) in [4.78, 5) is 138. The van der Waals surface area contributed by atoms with E-state index in [0.29, 0.717) is 76.2 Å². The lowest BCUT2D eigenvalue weighted by atomic mass is 9.80. The molecule has 8 atom stereocenters. The fourth-order valence-electron chi connectivity index (χ4n) is 17.4. The van der Waals surface area contributed by atoms with Crippen LogP contribution in [0.3, 0.4) is 0 Å². The van der Waals surface area contributed by atoms with Crippen LogP contribution in [0.4, 0.5) is 8.78 Å². The van der Waals surface area contributed by atoms with Crippen LogP contribution in [-0.4, -0.2) is 234 Å². The lowest BCUT2D eigenvalue weighted by Gasteiger charge is -2.49. The van der Waals surface area contributed by atoms with Crippen LogP contribution in [0.1, 0.15) is 139 Å². The first-order valence-corrected chi connectivity index (χ1v) is 47.1. The molecule has 0 aliphatic carbocycles. The molecule has 3 aromatic heterocycles. The number of nitrogens with zero attached hydrogens (tertiary/aromatic N) is 11. The maximum atomic E-state index is 16.0. The van der Waals surface area contributed by atoms with Crippen molar-refractivity contribution in [2.24, 2.45) is 25.9 Å². The van der Waals surface area contributed by atoms with Gasteiger partial charge in [-0.05, 0) is 236 Å².